The maximum absolute atomic E-state index is 2.56. The van der Waals surface area contributed by atoms with Gasteiger partial charge in [0.15, 0.2) is 0 Å². The lowest BCUT2D eigenvalue weighted by Crippen LogP contribution is -2.13. The van der Waals surface area contributed by atoms with Crippen LogP contribution in [0, 0.1) is 5.41 Å². The first-order chi connectivity index (χ1) is 9.77. The topological polar surface area (TPSA) is 0 Å². The third kappa shape index (κ3) is 8.82. The lowest BCUT2D eigenvalue weighted by molar-refractivity contribution is 0.330. The summed E-state index contributed by atoms with van der Waals surface area (Å²) in [6.45, 7) is 4.79. The van der Waals surface area contributed by atoms with Crippen LogP contribution in [-0.4, -0.2) is 0 Å². The molecule has 0 saturated heterocycles. The van der Waals surface area contributed by atoms with Crippen LogP contribution in [0.1, 0.15) is 110 Å². The SMILES string of the molecule is CCCCCCCCCCC1(C)/C=C\CCCCCC1. The molecule has 1 atom stereocenters. The molecule has 20 heavy (non-hydrogen) atoms. The minimum atomic E-state index is 0.506. The van der Waals surface area contributed by atoms with Gasteiger partial charge < -0.3 is 0 Å². The normalized spacial score (nSPS) is 25.7. The maximum atomic E-state index is 2.56. The molecule has 0 aromatic carbocycles. The average Bonchev–Trinajstić information content (AvgIpc) is 2.54. The van der Waals surface area contributed by atoms with Crippen molar-refractivity contribution in [1.82, 2.24) is 0 Å². The van der Waals surface area contributed by atoms with Crippen molar-refractivity contribution in [2.45, 2.75) is 110 Å². The summed E-state index contributed by atoms with van der Waals surface area (Å²) in [4.78, 5) is 0. The van der Waals surface area contributed by atoms with Crippen LogP contribution in [0.4, 0.5) is 0 Å². The zero-order chi connectivity index (χ0) is 14.5. The van der Waals surface area contributed by atoms with Crippen LogP contribution in [-0.2, 0) is 0 Å². The van der Waals surface area contributed by atoms with Crippen molar-refractivity contribution >= 4 is 0 Å². The molecule has 0 nitrogen and oxygen atoms in total. The van der Waals surface area contributed by atoms with E-state index < -0.39 is 0 Å². The highest BCUT2D eigenvalue weighted by Crippen LogP contribution is 2.34. The molecule has 0 aromatic rings. The summed E-state index contributed by atoms with van der Waals surface area (Å²) in [5.74, 6) is 0. The molecule has 0 amide bonds. The first-order valence-corrected chi connectivity index (χ1v) is 9.44. The number of hydrogen-bond donors (Lipinski definition) is 0. The van der Waals surface area contributed by atoms with E-state index >= 15 is 0 Å². The molecule has 1 rings (SSSR count). The van der Waals surface area contributed by atoms with E-state index in [9.17, 15) is 0 Å². The fourth-order valence-corrected chi connectivity index (χ4v) is 3.47. The Balaban J connectivity index is 2.10. The highest BCUT2D eigenvalue weighted by Gasteiger charge is 2.20. The Bertz CT molecular complexity index is 240. The summed E-state index contributed by atoms with van der Waals surface area (Å²) in [6, 6.07) is 0. The highest BCUT2D eigenvalue weighted by molar-refractivity contribution is 4.97. The lowest BCUT2D eigenvalue weighted by Gasteiger charge is -2.26. The van der Waals surface area contributed by atoms with Gasteiger partial charge in [0.25, 0.3) is 0 Å². The van der Waals surface area contributed by atoms with E-state index in [0.717, 1.165) is 0 Å². The molecule has 0 aromatic heterocycles. The Labute approximate surface area is 128 Å². The van der Waals surface area contributed by atoms with Crippen LogP contribution < -0.4 is 0 Å². The molecule has 1 aliphatic carbocycles. The standard InChI is InChI=1S/C20H38/c1-3-4-5-6-7-8-11-14-17-20(2)18-15-12-9-10-13-16-19-20/h15,18H,3-14,16-17,19H2,1-2H3/b18-15-. The molecule has 0 heteroatoms. The second kappa shape index (κ2) is 11.4. The first kappa shape index (κ1) is 17.8. The minimum absolute atomic E-state index is 0.506. The number of allylic oxidation sites excluding steroid dienone is 2. The Kier molecular flexibility index (Phi) is 10.1. The fourth-order valence-electron chi connectivity index (χ4n) is 3.47. The zero-order valence-electron chi connectivity index (χ0n) is 14.3. The summed E-state index contributed by atoms with van der Waals surface area (Å²) in [5, 5.41) is 0. The van der Waals surface area contributed by atoms with E-state index in [-0.39, 0.29) is 0 Å². The van der Waals surface area contributed by atoms with E-state index in [1.807, 2.05) is 0 Å². The predicted molar refractivity (Wildman–Crippen MR) is 92.2 cm³/mol. The van der Waals surface area contributed by atoms with Crippen LogP contribution in [0.5, 0.6) is 0 Å². The van der Waals surface area contributed by atoms with Gasteiger partial charge in [0.05, 0.1) is 0 Å². The molecule has 0 fully saturated rings. The summed E-state index contributed by atoms with van der Waals surface area (Å²) < 4.78 is 0. The minimum Gasteiger partial charge on any atom is -0.0880 e. The second-order valence-corrected chi connectivity index (χ2v) is 7.23. The summed E-state index contributed by atoms with van der Waals surface area (Å²) in [5.41, 5.74) is 0.506. The Hall–Kier alpha value is -0.260. The molecule has 0 saturated carbocycles. The number of hydrogen-bond acceptors (Lipinski definition) is 0. The summed E-state index contributed by atoms with van der Waals surface area (Å²) in [6.07, 6.45) is 26.5. The average molecular weight is 279 g/mol. The van der Waals surface area contributed by atoms with E-state index in [1.165, 1.54) is 96.3 Å². The van der Waals surface area contributed by atoms with Gasteiger partial charge in [-0.3, -0.25) is 0 Å². The van der Waals surface area contributed by atoms with E-state index in [2.05, 4.69) is 26.0 Å². The smallest absolute Gasteiger partial charge is 0.0147 e. The van der Waals surface area contributed by atoms with Crippen molar-refractivity contribution in [2.24, 2.45) is 5.41 Å². The Morgan fingerprint density at radius 1 is 0.800 bits per heavy atom. The van der Waals surface area contributed by atoms with Crippen LogP contribution in [0.3, 0.4) is 0 Å². The molecular weight excluding hydrogens is 240 g/mol. The third-order valence-corrected chi connectivity index (χ3v) is 4.99. The van der Waals surface area contributed by atoms with Crippen molar-refractivity contribution in [3.63, 3.8) is 0 Å². The summed E-state index contributed by atoms with van der Waals surface area (Å²) >= 11 is 0. The van der Waals surface area contributed by atoms with Crippen molar-refractivity contribution in [1.29, 1.82) is 0 Å². The van der Waals surface area contributed by atoms with Crippen molar-refractivity contribution in [3.05, 3.63) is 12.2 Å². The van der Waals surface area contributed by atoms with Gasteiger partial charge in [0.2, 0.25) is 0 Å². The van der Waals surface area contributed by atoms with Crippen LogP contribution in [0.25, 0.3) is 0 Å². The second-order valence-electron chi connectivity index (χ2n) is 7.23. The maximum Gasteiger partial charge on any atom is -0.0147 e. The Morgan fingerprint density at radius 2 is 1.45 bits per heavy atom. The van der Waals surface area contributed by atoms with E-state index in [4.69, 9.17) is 0 Å². The van der Waals surface area contributed by atoms with E-state index in [1.54, 1.807) is 0 Å². The molecule has 0 spiro atoms. The van der Waals surface area contributed by atoms with Gasteiger partial charge in [-0.2, -0.15) is 0 Å². The van der Waals surface area contributed by atoms with Crippen LogP contribution in [0.2, 0.25) is 0 Å². The molecule has 0 radical (unpaired) electrons. The van der Waals surface area contributed by atoms with Crippen molar-refractivity contribution in [2.75, 3.05) is 0 Å². The number of unbranched alkanes of at least 4 members (excludes halogenated alkanes) is 7. The predicted octanol–water partition coefficient (Wildman–Crippen LogP) is 7.43. The van der Waals surface area contributed by atoms with Gasteiger partial charge in [0, 0.05) is 0 Å². The molecule has 0 aliphatic heterocycles. The van der Waals surface area contributed by atoms with Gasteiger partial charge in [-0.25, -0.2) is 0 Å². The molecule has 1 unspecified atom stereocenters. The largest absolute Gasteiger partial charge is 0.0880 e. The summed E-state index contributed by atoms with van der Waals surface area (Å²) in [7, 11) is 0. The van der Waals surface area contributed by atoms with Gasteiger partial charge in [-0.1, -0.05) is 96.6 Å². The van der Waals surface area contributed by atoms with Gasteiger partial charge in [-0.05, 0) is 31.1 Å². The third-order valence-electron chi connectivity index (χ3n) is 4.99. The molecule has 0 heterocycles. The van der Waals surface area contributed by atoms with Gasteiger partial charge >= 0.3 is 0 Å². The molecular formula is C20H38. The van der Waals surface area contributed by atoms with E-state index in [0.29, 0.717) is 5.41 Å². The molecule has 0 bridgehead atoms. The molecule has 0 N–H and O–H groups in total. The van der Waals surface area contributed by atoms with Crippen LogP contribution in [0.15, 0.2) is 12.2 Å². The van der Waals surface area contributed by atoms with Crippen molar-refractivity contribution < 1.29 is 0 Å². The Morgan fingerprint density at radius 3 is 2.20 bits per heavy atom. The van der Waals surface area contributed by atoms with Gasteiger partial charge in [-0.15, -0.1) is 0 Å². The quantitative estimate of drug-likeness (QED) is 0.304. The lowest BCUT2D eigenvalue weighted by atomic mass is 9.79. The number of rotatable bonds is 9. The first-order valence-electron chi connectivity index (χ1n) is 9.44. The van der Waals surface area contributed by atoms with Crippen LogP contribution >= 0.6 is 0 Å². The molecule has 118 valence electrons. The van der Waals surface area contributed by atoms with Gasteiger partial charge in [0.1, 0.15) is 0 Å². The zero-order valence-corrected chi connectivity index (χ0v) is 14.3. The monoisotopic (exact) mass is 278 g/mol. The highest BCUT2D eigenvalue weighted by atomic mass is 14.2. The fraction of sp³-hybridized carbons (Fsp3) is 0.900. The molecule has 1 aliphatic rings. The van der Waals surface area contributed by atoms with Crippen molar-refractivity contribution in [3.8, 4) is 0 Å².